The summed E-state index contributed by atoms with van der Waals surface area (Å²) < 4.78 is 10.8. The van der Waals surface area contributed by atoms with E-state index in [2.05, 4.69) is 43.8 Å². The smallest absolute Gasteiger partial charge is 0.231 e. The summed E-state index contributed by atoms with van der Waals surface area (Å²) in [6, 6.07) is 8.05. The molecule has 26 heavy (non-hydrogen) atoms. The highest BCUT2D eigenvalue weighted by atomic mass is 16.7. The molecule has 7 heteroatoms. The van der Waals surface area contributed by atoms with Crippen molar-refractivity contribution in [2.75, 3.05) is 49.7 Å². The Labute approximate surface area is 153 Å². The van der Waals surface area contributed by atoms with Gasteiger partial charge < -0.3 is 19.7 Å². The van der Waals surface area contributed by atoms with Gasteiger partial charge in [0.2, 0.25) is 12.7 Å². The van der Waals surface area contributed by atoms with Crippen molar-refractivity contribution in [1.29, 1.82) is 0 Å². The molecule has 1 saturated heterocycles. The number of benzene rings is 1. The second-order valence-corrected chi connectivity index (χ2v) is 6.36. The largest absolute Gasteiger partial charge is 0.454 e. The van der Waals surface area contributed by atoms with Crippen molar-refractivity contribution in [1.82, 2.24) is 14.9 Å². The van der Waals surface area contributed by atoms with E-state index < -0.39 is 0 Å². The van der Waals surface area contributed by atoms with Gasteiger partial charge in [-0.3, -0.25) is 4.90 Å². The van der Waals surface area contributed by atoms with Crippen molar-refractivity contribution in [3.05, 3.63) is 48.7 Å². The Bertz CT molecular complexity index is 774. The van der Waals surface area contributed by atoms with E-state index in [-0.39, 0.29) is 0 Å². The van der Waals surface area contributed by atoms with E-state index in [1.807, 2.05) is 18.2 Å². The van der Waals surface area contributed by atoms with Gasteiger partial charge in [-0.2, -0.15) is 4.98 Å². The summed E-state index contributed by atoms with van der Waals surface area (Å²) in [6.07, 6.45) is 3.61. The van der Waals surface area contributed by atoms with Crippen LogP contribution in [0.2, 0.25) is 0 Å². The predicted molar refractivity (Wildman–Crippen MR) is 101 cm³/mol. The summed E-state index contributed by atoms with van der Waals surface area (Å²) in [5.41, 5.74) is 1.24. The molecule has 1 N–H and O–H groups in total. The quantitative estimate of drug-likeness (QED) is 0.798. The Morgan fingerprint density at radius 1 is 1.12 bits per heavy atom. The third-order valence-electron chi connectivity index (χ3n) is 4.57. The van der Waals surface area contributed by atoms with Crippen LogP contribution < -0.4 is 19.7 Å². The number of rotatable bonds is 6. The summed E-state index contributed by atoms with van der Waals surface area (Å²) in [4.78, 5) is 13.7. The zero-order valence-corrected chi connectivity index (χ0v) is 14.7. The monoisotopic (exact) mass is 353 g/mol. The van der Waals surface area contributed by atoms with Gasteiger partial charge in [0.25, 0.3) is 0 Å². The highest BCUT2D eigenvalue weighted by molar-refractivity contribution is 5.45. The van der Waals surface area contributed by atoms with Gasteiger partial charge in [-0.1, -0.05) is 12.1 Å². The fourth-order valence-electron chi connectivity index (χ4n) is 3.18. The van der Waals surface area contributed by atoms with Crippen LogP contribution in [-0.4, -0.2) is 54.4 Å². The Morgan fingerprint density at radius 2 is 1.96 bits per heavy atom. The van der Waals surface area contributed by atoms with Crippen LogP contribution in [0, 0.1) is 0 Å². The first kappa shape index (κ1) is 16.7. The van der Waals surface area contributed by atoms with E-state index in [0.29, 0.717) is 13.3 Å². The standard InChI is InChI=1S/C19H23N5O2/c1-2-6-20-18-5-7-21-19(22-18)24-10-8-23(9-11-24)13-15-3-4-16-17(12-15)26-14-25-16/h2-5,7,12H,1,6,8-11,13-14H2,(H,20,21,22). The van der Waals surface area contributed by atoms with Crippen molar-refractivity contribution in [2.45, 2.75) is 6.54 Å². The van der Waals surface area contributed by atoms with E-state index in [4.69, 9.17) is 9.47 Å². The molecular weight excluding hydrogens is 330 g/mol. The Morgan fingerprint density at radius 3 is 2.81 bits per heavy atom. The van der Waals surface area contributed by atoms with Gasteiger partial charge >= 0.3 is 0 Å². The second kappa shape index (κ2) is 7.61. The molecule has 0 radical (unpaired) electrons. The van der Waals surface area contributed by atoms with Crippen LogP contribution in [0.5, 0.6) is 11.5 Å². The lowest BCUT2D eigenvalue weighted by atomic mass is 10.1. The van der Waals surface area contributed by atoms with Gasteiger partial charge in [0.15, 0.2) is 11.5 Å². The Hall–Kier alpha value is -2.80. The number of piperazine rings is 1. The number of aromatic nitrogens is 2. The number of hydrogen-bond acceptors (Lipinski definition) is 7. The first-order chi connectivity index (χ1) is 12.8. The molecule has 3 heterocycles. The lowest BCUT2D eigenvalue weighted by molar-refractivity contribution is 0.174. The molecule has 2 aromatic rings. The highest BCUT2D eigenvalue weighted by Crippen LogP contribution is 2.32. The first-order valence-electron chi connectivity index (χ1n) is 8.85. The number of nitrogens with one attached hydrogen (secondary N) is 1. The molecule has 0 amide bonds. The lowest BCUT2D eigenvalue weighted by Gasteiger charge is -2.34. The van der Waals surface area contributed by atoms with E-state index in [0.717, 1.165) is 56.0 Å². The molecule has 1 fully saturated rings. The summed E-state index contributed by atoms with van der Waals surface area (Å²) in [5, 5.41) is 3.21. The molecule has 2 aliphatic heterocycles. The molecule has 0 unspecified atom stereocenters. The molecule has 0 saturated carbocycles. The minimum Gasteiger partial charge on any atom is -0.454 e. The average Bonchev–Trinajstić information content (AvgIpc) is 3.15. The van der Waals surface area contributed by atoms with Crippen LogP contribution in [-0.2, 0) is 6.54 Å². The van der Waals surface area contributed by atoms with E-state index in [1.165, 1.54) is 5.56 Å². The maximum Gasteiger partial charge on any atom is 0.231 e. The molecule has 0 spiro atoms. The van der Waals surface area contributed by atoms with Gasteiger partial charge in [-0.15, -0.1) is 6.58 Å². The van der Waals surface area contributed by atoms with Gasteiger partial charge in [0, 0.05) is 45.5 Å². The SMILES string of the molecule is C=CCNc1ccnc(N2CCN(Cc3ccc4c(c3)OCO4)CC2)n1. The molecule has 2 aliphatic rings. The first-order valence-corrected chi connectivity index (χ1v) is 8.85. The summed E-state index contributed by atoms with van der Waals surface area (Å²) in [7, 11) is 0. The zero-order chi connectivity index (χ0) is 17.8. The number of ether oxygens (including phenoxy) is 2. The van der Waals surface area contributed by atoms with Crippen LogP contribution in [0.4, 0.5) is 11.8 Å². The number of anilines is 2. The maximum absolute atomic E-state index is 5.46. The fourth-order valence-corrected chi connectivity index (χ4v) is 3.18. The number of fused-ring (bicyclic) bond motifs is 1. The van der Waals surface area contributed by atoms with Gasteiger partial charge in [0.1, 0.15) is 5.82 Å². The van der Waals surface area contributed by atoms with Crippen molar-refractivity contribution < 1.29 is 9.47 Å². The third kappa shape index (κ3) is 3.72. The predicted octanol–water partition coefficient (Wildman–Crippen LogP) is 2.13. The Kier molecular flexibility index (Phi) is 4.88. The Balaban J connectivity index is 1.33. The van der Waals surface area contributed by atoms with Crippen LogP contribution in [0.1, 0.15) is 5.56 Å². The highest BCUT2D eigenvalue weighted by Gasteiger charge is 2.20. The van der Waals surface area contributed by atoms with E-state index in [1.54, 1.807) is 6.20 Å². The van der Waals surface area contributed by atoms with Crippen molar-refractivity contribution in [3.8, 4) is 11.5 Å². The van der Waals surface area contributed by atoms with Gasteiger partial charge in [-0.05, 0) is 23.8 Å². The maximum atomic E-state index is 5.46. The summed E-state index contributed by atoms with van der Waals surface area (Å²) in [6.45, 7) is 9.41. The minimum absolute atomic E-state index is 0.318. The zero-order valence-electron chi connectivity index (χ0n) is 14.7. The second-order valence-electron chi connectivity index (χ2n) is 6.36. The average molecular weight is 353 g/mol. The fraction of sp³-hybridized carbons (Fsp3) is 0.368. The van der Waals surface area contributed by atoms with Gasteiger partial charge in [-0.25, -0.2) is 4.98 Å². The molecule has 0 bridgehead atoms. The van der Waals surface area contributed by atoms with Crippen molar-refractivity contribution in [3.63, 3.8) is 0 Å². The van der Waals surface area contributed by atoms with Crippen LogP contribution >= 0.6 is 0 Å². The summed E-state index contributed by atoms with van der Waals surface area (Å²) >= 11 is 0. The minimum atomic E-state index is 0.318. The third-order valence-corrected chi connectivity index (χ3v) is 4.57. The van der Waals surface area contributed by atoms with Crippen LogP contribution in [0.25, 0.3) is 0 Å². The number of hydrogen-bond donors (Lipinski definition) is 1. The molecule has 1 aromatic heterocycles. The molecule has 0 atom stereocenters. The molecule has 0 aliphatic carbocycles. The van der Waals surface area contributed by atoms with Crippen LogP contribution in [0.3, 0.4) is 0 Å². The van der Waals surface area contributed by atoms with Crippen molar-refractivity contribution in [2.24, 2.45) is 0 Å². The van der Waals surface area contributed by atoms with Crippen LogP contribution in [0.15, 0.2) is 43.1 Å². The summed E-state index contributed by atoms with van der Waals surface area (Å²) in [5.74, 6) is 3.29. The number of nitrogens with zero attached hydrogens (tertiary/aromatic N) is 4. The molecule has 136 valence electrons. The van der Waals surface area contributed by atoms with E-state index in [9.17, 15) is 0 Å². The molecule has 1 aromatic carbocycles. The molecule has 7 nitrogen and oxygen atoms in total. The van der Waals surface area contributed by atoms with E-state index >= 15 is 0 Å². The van der Waals surface area contributed by atoms with Crippen molar-refractivity contribution >= 4 is 11.8 Å². The lowest BCUT2D eigenvalue weighted by Crippen LogP contribution is -2.46. The molecular formula is C19H23N5O2. The molecule has 4 rings (SSSR count). The normalized spacial score (nSPS) is 16.5. The van der Waals surface area contributed by atoms with Gasteiger partial charge in [0.05, 0.1) is 0 Å². The topological polar surface area (TPSA) is 62.8 Å².